The SMILES string of the molecule is CC(C)n1cnnc1SCC(=O)C12CC3CC(CC(C3)C1)C2. The van der Waals surface area contributed by atoms with Crippen molar-refractivity contribution in [3.8, 4) is 0 Å². The molecule has 1 aromatic heterocycles. The highest BCUT2D eigenvalue weighted by Gasteiger charge is 2.54. The van der Waals surface area contributed by atoms with E-state index in [0.717, 1.165) is 42.2 Å². The second-order valence-corrected chi connectivity index (χ2v) is 8.97. The van der Waals surface area contributed by atoms with Gasteiger partial charge in [-0.05, 0) is 70.1 Å². The number of rotatable bonds is 5. The minimum Gasteiger partial charge on any atom is -0.306 e. The molecule has 0 amide bonds. The van der Waals surface area contributed by atoms with Crippen molar-refractivity contribution in [2.45, 2.75) is 63.6 Å². The van der Waals surface area contributed by atoms with Gasteiger partial charge in [-0.2, -0.15) is 0 Å². The molecule has 4 aliphatic carbocycles. The molecule has 5 rings (SSSR count). The van der Waals surface area contributed by atoms with Gasteiger partial charge in [0.25, 0.3) is 0 Å². The lowest BCUT2D eigenvalue weighted by molar-refractivity contribution is -0.141. The number of Topliss-reactive ketones (excluding diaryl/α,β-unsaturated/α-hetero) is 1. The van der Waals surface area contributed by atoms with Crippen LogP contribution < -0.4 is 0 Å². The number of carbonyl (C=O) groups excluding carboxylic acids is 1. The van der Waals surface area contributed by atoms with Crippen molar-refractivity contribution in [1.29, 1.82) is 0 Å². The molecule has 4 saturated carbocycles. The zero-order valence-corrected chi connectivity index (χ0v) is 14.3. The van der Waals surface area contributed by atoms with E-state index in [1.165, 1.54) is 19.3 Å². The van der Waals surface area contributed by atoms with Crippen LogP contribution in [0.25, 0.3) is 0 Å². The van der Waals surface area contributed by atoms with Crippen LogP contribution in [0.2, 0.25) is 0 Å². The van der Waals surface area contributed by atoms with Gasteiger partial charge < -0.3 is 4.57 Å². The maximum Gasteiger partial charge on any atom is 0.191 e. The quantitative estimate of drug-likeness (QED) is 0.776. The number of aromatic nitrogens is 3. The summed E-state index contributed by atoms with van der Waals surface area (Å²) in [7, 11) is 0. The zero-order chi connectivity index (χ0) is 15.3. The topological polar surface area (TPSA) is 47.8 Å². The molecule has 5 heteroatoms. The predicted molar refractivity (Wildman–Crippen MR) is 86.7 cm³/mol. The molecule has 0 aliphatic heterocycles. The molecular formula is C17H25N3OS. The highest BCUT2D eigenvalue weighted by molar-refractivity contribution is 7.99. The molecule has 4 bridgehead atoms. The second kappa shape index (κ2) is 5.36. The van der Waals surface area contributed by atoms with Crippen LogP contribution in [0.15, 0.2) is 11.5 Å². The van der Waals surface area contributed by atoms with E-state index in [0.29, 0.717) is 17.6 Å². The summed E-state index contributed by atoms with van der Waals surface area (Å²) >= 11 is 1.58. The maximum absolute atomic E-state index is 13.0. The van der Waals surface area contributed by atoms with Gasteiger partial charge in [-0.1, -0.05) is 11.8 Å². The Morgan fingerprint density at radius 2 is 1.86 bits per heavy atom. The van der Waals surface area contributed by atoms with E-state index in [9.17, 15) is 4.79 Å². The van der Waals surface area contributed by atoms with Crippen molar-refractivity contribution < 1.29 is 4.79 Å². The smallest absolute Gasteiger partial charge is 0.191 e. The number of hydrogen-bond acceptors (Lipinski definition) is 4. The fourth-order valence-corrected chi connectivity index (χ4v) is 6.50. The van der Waals surface area contributed by atoms with E-state index in [4.69, 9.17) is 0 Å². The number of nitrogens with zero attached hydrogens (tertiary/aromatic N) is 3. The summed E-state index contributed by atoms with van der Waals surface area (Å²) in [6, 6.07) is 0.340. The number of ketones is 1. The molecule has 0 saturated heterocycles. The molecule has 0 N–H and O–H groups in total. The van der Waals surface area contributed by atoms with Gasteiger partial charge in [0, 0.05) is 11.5 Å². The molecule has 4 aliphatic rings. The van der Waals surface area contributed by atoms with E-state index in [1.54, 1.807) is 18.1 Å². The second-order valence-electron chi connectivity index (χ2n) is 8.02. The van der Waals surface area contributed by atoms with Crippen molar-refractivity contribution in [2.24, 2.45) is 23.2 Å². The fraction of sp³-hybridized carbons (Fsp3) is 0.824. The standard InChI is InChI=1S/C17H25N3OS/c1-11(2)20-10-18-19-16(20)22-9-15(21)17-6-12-3-13(7-17)5-14(4-12)8-17/h10-14H,3-9H2,1-2H3. The Morgan fingerprint density at radius 3 is 2.41 bits per heavy atom. The normalized spacial score (nSPS) is 36.2. The molecule has 0 radical (unpaired) electrons. The Balaban J connectivity index is 1.45. The Labute approximate surface area is 136 Å². The van der Waals surface area contributed by atoms with E-state index in [2.05, 4.69) is 28.6 Å². The first kappa shape index (κ1) is 14.7. The van der Waals surface area contributed by atoms with Crippen LogP contribution in [0.3, 0.4) is 0 Å². The van der Waals surface area contributed by atoms with Gasteiger partial charge in [0.1, 0.15) is 12.1 Å². The monoisotopic (exact) mass is 319 g/mol. The molecule has 0 unspecified atom stereocenters. The minimum atomic E-state index is 0.0183. The largest absolute Gasteiger partial charge is 0.306 e. The number of thioether (sulfide) groups is 1. The van der Waals surface area contributed by atoms with Gasteiger partial charge in [0.15, 0.2) is 5.16 Å². The summed E-state index contributed by atoms with van der Waals surface area (Å²) in [5, 5.41) is 9.06. The highest BCUT2D eigenvalue weighted by atomic mass is 32.2. The van der Waals surface area contributed by atoms with Gasteiger partial charge >= 0.3 is 0 Å². The molecule has 0 aromatic carbocycles. The van der Waals surface area contributed by atoms with E-state index < -0.39 is 0 Å². The van der Waals surface area contributed by atoms with Gasteiger partial charge in [-0.3, -0.25) is 4.79 Å². The zero-order valence-electron chi connectivity index (χ0n) is 13.5. The molecule has 4 fully saturated rings. The first-order valence-electron chi connectivity index (χ1n) is 8.61. The third-order valence-electron chi connectivity index (χ3n) is 6.06. The van der Waals surface area contributed by atoms with Crippen LogP contribution in [0.5, 0.6) is 0 Å². The van der Waals surface area contributed by atoms with E-state index in [-0.39, 0.29) is 5.41 Å². The molecule has 0 spiro atoms. The summed E-state index contributed by atoms with van der Waals surface area (Å²) < 4.78 is 2.05. The molecule has 1 aromatic rings. The average molecular weight is 319 g/mol. The van der Waals surface area contributed by atoms with Crippen LogP contribution in [0, 0.1) is 23.2 Å². The van der Waals surface area contributed by atoms with Crippen LogP contribution in [-0.4, -0.2) is 26.3 Å². The Morgan fingerprint density at radius 1 is 1.27 bits per heavy atom. The van der Waals surface area contributed by atoms with Gasteiger partial charge in [0.05, 0.1) is 5.75 Å². The third kappa shape index (κ3) is 2.41. The Hall–Kier alpha value is -0.840. The van der Waals surface area contributed by atoms with Crippen LogP contribution >= 0.6 is 11.8 Å². The number of hydrogen-bond donors (Lipinski definition) is 0. The van der Waals surface area contributed by atoms with E-state index in [1.807, 2.05) is 0 Å². The molecular weight excluding hydrogens is 294 g/mol. The first-order chi connectivity index (χ1) is 10.6. The summed E-state index contributed by atoms with van der Waals surface area (Å²) in [6.45, 7) is 4.24. The number of carbonyl (C=O) groups is 1. The highest BCUT2D eigenvalue weighted by Crippen LogP contribution is 2.60. The van der Waals surface area contributed by atoms with Crippen LogP contribution in [0.1, 0.15) is 58.4 Å². The van der Waals surface area contributed by atoms with Crippen molar-refractivity contribution in [3.63, 3.8) is 0 Å². The first-order valence-corrected chi connectivity index (χ1v) is 9.60. The van der Waals surface area contributed by atoms with Crippen LogP contribution in [0.4, 0.5) is 0 Å². The van der Waals surface area contributed by atoms with Gasteiger partial charge in [0.2, 0.25) is 0 Å². The molecule has 0 atom stereocenters. The lowest BCUT2D eigenvalue weighted by Crippen LogP contribution is -2.50. The summed E-state index contributed by atoms with van der Waals surface area (Å²) in [6.07, 6.45) is 9.42. The lowest BCUT2D eigenvalue weighted by atomic mass is 9.48. The average Bonchev–Trinajstić information content (AvgIpc) is 2.91. The molecule has 1 heterocycles. The minimum absolute atomic E-state index is 0.0183. The Bertz CT molecular complexity index is 545. The van der Waals surface area contributed by atoms with E-state index >= 15 is 0 Å². The third-order valence-corrected chi connectivity index (χ3v) is 7.02. The van der Waals surface area contributed by atoms with Gasteiger partial charge in [-0.25, -0.2) is 0 Å². The fourth-order valence-electron chi connectivity index (χ4n) is 5.42. The molecule has 4 nitrogen and oxygen atoms in total. The summed E-state index contributed by atoms with van der Waals surface area (Å²) in [5.41, 5.74) is 0.0183. The van der Waals surface area contributed by atoms with Gasteiger partial charge in [-0.15, -0.1) is 10.2 Å². The molecule has 120 valence electrons. The van der Waals surface area contributed by atoms with Crippen molar-refractivity contribution in [2.75, 3.05) is 5.75 Å². The molecule has 22 heavy (non-hydrogen) atoms. The predicted octanol–water partition coefficient (Wildman–Crippen LogP) is 3.74. The van der Waals surface area contributed by atoms with Crippen molar-refractivity contribution in [1.82, 2.24) is 14.8 Å². The summed E-state index contributed by atoms with van der Waals surface area (Å²) in [4.78, 5) is 13.0. The van der Waals surface area contributed by atoms with Crippen molar-refractivity contribution in [3.05, 3.63) is 6.33 Å². The lowest BCUT2D eigenvalue weighted by Gasteiger charge is -2.56. The maximum atomic E-state index is 13.0. The summed E-state index contributed by atoms with van der Waals surface area (Å²) in [5.74, 6) is 3.55. The van der Waals surface area contributed by atoms with Crippen LogP contribution in [-0.2, 0) is 4.79 Å². The Kier molecular flexibility index (Phi) is 3.59. The van der Waals surface area contributed by atoms with Crippen molar-refractivity contribution >= 4 is 17.5 Å².